The van der Waals surface area contributed by atoms with Gasteiger partial charge in [-0.15, -0.1) is 17.2 Å². The van der Waals surface area contributed by atoms with Gasteiger partial charge in [0.05, 0.1) is 19.1 Å². The summed E-state index contributed by atoms with van der Waals surface area (Å²) in [6.07, 6.45) is 16.8. The predicted octanol–water partition coefficient (Wildman–Crippen LogP) is 13.8. The zero-order valence-electron chi connectivity index (χ0n) is 38.7. The van der Waals surface area contributed by atoms with Crippen molar-refractivity contribution in [3.8, 4) is 0 Å². The summed E-state index contributed by atoms with van der Waals surface area (Å²) >= 11 is 0. The van der Waals surface area contributed by atoms with Crippen LogP contribution in [0, 0.1) is 47.3 Å². The predicted molar refractivity (Wildman–Crippen MR) is 275 cm³/mol. The normalized spacial score (nSPS) is 30.0. The molecular formula is C56H70FeN2P2Si2-6. The molecule has 6 aromatic rings. The van der Waals surface area contributed by atoms with Crippen molar-refractivity contribution >= 4 is 65.5 Å². The van der Waals surface area contributed by atoms with E-state index >= 15 is 0 Å². The molecular weight excluding hydrogens is 875 g/mol. The van der Waals surface area contributed by atoms with Crippen molar-refractivity contribution in [1.82, 2.24) is 9.97 Å². The molecule has 8 aliphatic rings. The maximum atomic E-state index is 5.63. The van der Waals surface area contributed by atoms with Gasteiger partial charge >= 0.3 is 0 Å². The summed E-state index contributed by atoms with van der Waals surface area (Å²) in [7, 11) is -0.251. The molecule has 2 heterocycles. The third-order valence-electron chi connectivity index (χ3n) is 17.2. The first-order chi connectivity index (χ1) is 29.8. The first kappa shape index (κ1) is 44.6. The molecule has 63 heavy (non-hydrogen) atoms. The average molecular weight is 945 g/mol. The van der Waals surface area contributed by atoms with Gasteiger partial charge in [-0.1, -0.05) is 94.0 Å². The monoisotopic (exact) mass is 944 g/mol. The van der Waals surface area contributed by atoms with Crippen LogP contribution in [-0.4, -0.2) is 37.4 Å². The Balaban J connectivity index is 0.000000737. The molecule has 14 rings (SSSR count). The average Bonchev–Trinajstić information content (AvgIpc) is 3.96. The van der Waals surface area contributed by atoms with Gasteiger partial charge in [0.2, 0.25) is 0 Å². The Morgan fingerprint density at radius 1 is 0.587 bits per heavy atom. The second-order valence-corrected chi connectivity index (χ2v) is 36.8. The molecule has 1 unspecified atom stereocenters. The fourth-order valence-corrected chi connectivity index (χ4v) is 26.4. The number of aromatic nitrogens is 2. The molecule has 0 N–H and O–H groups in total. The molecule has 0 aliphatic heterocycles. The first-order valence-corrected chi connectivity index (χ1v) is 33.8. The molecule has 1 atom stereocenters. The SMILES string of the molecule is C[Si](C)(C)c1c(CP(C2C3CC4CC(C3)CC2C4)C2C3CC4CC(C3)CC2C4)c(C(P)(c2ccc3ccccc3n2)c2ccc3ccccc3n2)c[c-]1[Si](C)(C)C.[Fe].[cH-]1[cH-][cH-][cH-][cH-]1. The Morgan fingerprint density at radius 3 is 1.37 bits per heavy atom. The maximum Gasteiger partial charge on any atom is 0.0705 e. The van der Waals surface area contributed by atoms with Crippen LogP contribution in [0.1, 0.15) is 86.7 Å². The third-order valence-corrected chi connectivity index (χ3v) is 26.3. The smallest absolute Gasteiger partial charge is 0.0705 e. The second kappa shape index (κ2) is 17.1. The van der Waals surface area contributed by atoms with Gasteiger partial charge in [-0.05, 0) is 147 Å². The number of fused-ring (bicyclic) bond motifs is 2. The van der Waals surface area contributed by atoms with Crippen LogP contribution in [0.3, 0.4) is 0 Å². The topological polar surface area (TPSA) is 25.8 Å². The minimum Gasteiger partial charge on any atom is -0.748 e. The minimum atomic E-state index is -1.81. The van der Waals surface area contributed by atoms with Gasteiger partial charge in [-0.25, -0.2) is 0 Å². The zero-order chi connectivity index (χ0) is 42.5. The van der Waals surface area contributed by atoms with Crippen LogP contribution in [-0.2, 0) is 28.4 Å². The number of pyridine rings is 2. The number of nitrogens with zero attached hydrogens (tertiary/aromatic N) is 2. The molecule has 7 heteroatoms. The van der Waals surface area contributed by atoms with E-state index in [1.54, 1.807) is 75.0 Å². The van der Waals surface area contributed by atoms with Crippen LogP contribution < -0.4 is 10.4 Å². The molecule has 2 nitrogen and oxygen atoms in total. The molecule has 4 aromatic carbocycles. The Morgan fingerprint density at radius 2 is 0.984 bits per heavy atom. The van der Waals surface area contributed by atoms with Crippen molar-refractivity contribution in [2.24, 2.45) is 47.3 Å². The molecule has 0 spiro atoms. The molecule has 8 fully saturated rings. The molecule has 0 radical (unpaired) electrons. The van der Waals surface area contributed by atoms with Gasteiger partial charge in [0.15, 0.2) is 0 Å². The minimum absolute atomic E-state index is 0. The maximum absolute atomic E-state index is 5.63. The van der Waals surface area contributed by atoms with E-state index in [1.807, 2.05) is 35.5 Å². The standard InChI is InChI=1S/C51H65N2P2Si2.C5H5.Fe/c1-56(2,3)45-29-42(51(54,46-17-15-35-11-7-9-13-43(35)52-46)47-18-16-36-12-8-10-14-44(36)53-47)41(50(45)57(4,5)6)30-55(48-37-21-31-19-32(23-37)24-38(48)22-31)49-39-25-33-20-34(27-39)28-40(49)26-33;1-2-4-5-3-1;/h7-18,29,31-34,37-40,48-49H,19-28,30,54H2,1-6H3;1-5H;/q-1;-5;. The van der Waals surface area contributed by atoms with Crippen molar-refractivity contribution in [3.63, 3.8) is 0 Å². The largest absolute Gasteiger partial charge is 0.748 e. The van der Waals surface area contributed by atoms with Gasteiger partial charge < -0.3 is 30.3 Å². The van der Waals surface area contributed by atoms with Crippen LogP contribution >= 0.6 is 17.2 Å². The fourth-order valence-electron chi connectivity index (χ4n) is 15.3. The summed E-state index contributed by atoms with van der Waals surface area (Å²) < 4.78 is 0. The van der Waals surface area contributed by atoms with Gasteiger partial charge in [-0.3, -0.25) is 9.97 Å². The Bertz CT molecular complexity index is 2370. The van der Waals surface area contributed by atoms with Crippen LogP contribution in [0.4, 0.5) is 0 Å². The van der Waals surface area contributed by atoms with Crippen LogP contribution in [0.15, 0.2) is 109 Å². The molecule has 8 aliphatic carbocycles. The summed E-state index contributed by atoms with van der Waals surface area (Å²) in [4.78, 5) is 11.3. The summed E-state index contributed by atoms with van der Waals surface area (Å²) in [5.41, 5.74) is 9.66. The van der Waals surface area contributed by atoms with E-state index < -0.39 is 21.3 Å². The Kier molecular flexibility index (Phi) is 12.1. The molecule has 336 valence electrons. The van der Waals surface area contributed by atoms with Crippen LogP contribution in [0.25, 0.3) is 21.8 Å². The second-order valence-electron chi connectivity index (χ2n) is 23.4. The van der Waals surface area contributed by atoms with Crippen molar-refractivity contribution in [2.75, 3.05) is 0 Å². The van der Waals surface area contributed by atoms with E-state index in [9.17, 15) is 0 Å². The van der Waals surface area contributed by atoms with Crippen molar-refractivity contribution in [2.45, 2.75) is 126 Å². The van der Waals surface area contributed by atoms with Gasteiger partial charge in [0.25, 0.3) is 0 Å². The van der Waals surface area contributed by atoms with E-state index in [0.29, 0.717) is 0 Å². The number of para-hydroxylation sites is 2. The van der Waals surface area contributed by atoms with Gasteiger partial charge in [0, 0.05) is 52.5 Å². The molecule has 0 amide bonds. The van der Waals surface area contributed by atoms with E-state index in [4.69, 9.17) is 9.97 Å². The number of hydrogen-bond acceptors (Lipinski definition) is 2. The fraction of sp³-hybridized carbons (Fsp3) is 0.500. The van der Waals surface area contributed by atoms with Gasteiger partial charge in [-0.2, -0.15) is 27.6 Å². The molecule has 8 bridgehead atoms. The van der Waals surface area contributed by atoms with E-state index in [0.717, 1.165) is 81.1 Å². The quantitative estimate of drug-likeness (QED) is 0.0820. The number of hydrogen-bond donors (Lipinski definition) is 0. The number of rotatable bonds is 9. The first-order valence-electron chi connectivity index (χ1n) is 24.6. The molecule has 8 saturated carbocycles. The van der Waals surface area contributed by atoms with Crippen molar-refractivity contribution in [3.05, 3.63) is 132 Å². The van der Waals surface area contributed by atoms with Crippen molar-refractivity contribution in [1.29, 1.82) is 0 Å². The summed E-state index contributed by atoms with van der Waals surface area (Å²) in [5.74, 6) is 8.06. The summed E-state index contributed by atoms with van der Waals surface area (Å²) in [5, 5.41) is 5.43. The van der Waals surface area contributed by atoms with Gasteiger partial charge in [0.1, 0.15) is 0 Å². The molecule has 0 saturated heterocycles. The van der Waals surface area contributed by atoms with Crippen molar-refractivity contribution < 1.29 is 17.1 Å². The Labute approximate surface area is 395 Å². The summed E-state index contributed by atoms with van der Waals surface area (Å²) in [6, 6.07) is 39.6. The van der Waals surface area contributed by atoms with E-state index in [1.165, 1.54) is 22.5 Å². The summed E-state index contributed by atoms with van der Waals surface area (Å²) in [6.45, 7) is 15.9. The number of benzene rings is 2. The zero-order valence-corrected chi connectivity index (χ0v) is 43.9. The van der Waals surface area contributed by atoms with E-state index in [-0.39, 0.29) is 25.0 Å². The van der Waals surface area contributed by atoms with Crippen LogP contribution in [0.5, 0.6) is 0 Å². The third kappa shape index (κ3) is 8.12. The van der Waals surface area contributed by atoms with E-state index in [2.05, 4.69) is 127 Å². The Hall–Kier alpha value is -2.23. The van der Waals surface area contributed by atoms with Crippen LogP contribution in [0.2, 0.25) is 39.3 Å². The molecule has 2 aromatic heterocycles.